The van der Waals surface area contributed by atoms with Crippen LogP contribution in [-0.2, 0) is 9.59 Å². The van der Waals surface area contributed by atoms with Crippen molar-refractivity contribution in [2.45, 2.75) is 40.5 Å². The van der Waals surface area contributed by atoms with Crippen LogP contribution < -0.4 is 4.90 Å². The third kappa shape index (κ3) is 3.67. The van der Waals surface area contributed by atoms with Gasteiger partial charge in [-0.2, -0.15) is 0 Å². The molecule has 0 saturated carbocycles. The fourth-order valence-corrected chi connectivity index (χ4v) is 3.05. The molecule has 1 saturated heterocycles. The highest BCUT2D eigenvalue weighted by Gasteiger charge is 2.25. The van der Waals surface area contributed by atoms with Crippen LogP contribution in [0.2, 0.25) is 0 Å². The van der Waals surface area contributed by atoms with Crippen LogP contribution in [0.3, 0.4) is 0 Å². The van der Waals surface area contributed by atoms with Crippen molar-refractivity contribution in [3.63, 3.8) is 0 Å². The number of nitrogens with zero attached hydrogens (tertiary/aromatic N) is 2. The minimum absolute atomic E-state index is 0.0441. The van der Waals surface area contributed by atoms with Gasteiger partial charge < -0.3 is 9.80 Å². The monoisotopic (exact) mass is 302 g/mol. The van der Waals surface area contributed by atoms with E-state index < -0.39 is 0 Å². The van der Waals surface area contributed by atoms with Crippen molar-refractivity contribution >= 4 is 17.5 Å². The molecule has 2 amide bonds. The number of rotatable bonds is 3. The van der Waals surface area contributed by atoms with E-state index >= 15 is 0 Å². The molecule has 0 spiro atoms. The van der Waals surface area contributed by atoms with E-state index in [0.717, 1.165) is 36.3 Å². The minimum Gasteiger partial charge on any atom is -0.341 e. The van der Waals surface area contributed by atoms with E-state index in [1.54, 1.807) is 4.90 Å². The third-order valence-electron chi connectivity index (χ3n) is 4.55. The first-order valence-electron chi connectivity index (χ1n) is 8.02. The Bertz CT molecular complexity index is 568. The van der Waals surface area contributed by atoms with Crippen molar-refractivity contribution in [2.75, 3.05) is 24.5 Å². The van der Waals surface area contributed by atoms with E-state index in [1.807, 2.05) is 36.9 Å². The number of benzene rings is 1. The Kier molecular flexibility index (Phi) is 5.22. The number of carbonyl (C=O) groups excluding carboxylic acids is 2. The molecule has 1 unspecified atom stereocenters. The second-order valence-electron chi connectivity index (χ2n) is 6.41. The average molecular weight is 302 g/mol. The molecule has 22 heavy (non-hydrogen) atoms. The van der Waals surface area contributed by atoms with Gasteiger partial charge in [-0.25, -0.2) is 0 Å². The lowest BCUT2D eigenvalue weighted by Crippen LogP contribution is -2.46. The van der Waals surface area contributed by atoms with Gasteiger partial charge in [0.05, 0.1) is 0 Å². The van der Waals surface area contributed by atoms with Gasteiger partial charge in [0, 0.05) is 25.7 Å². The summed E-state index contributed by atoms with van der Waals surface area (Å²) in [5, 5.41) is 0. The van der Waals surface area contributed by atoms with Crippen LogP contribution in [0.4, 0.5) is 5.69 Å². The van der Waals surface area contributed by atoms with Crippen molar-refractivity contribution in [3.8, 4) is 0 Å². The predicted molar refractivity (Wildman–Crippen MR) is 88.9 cm³/mol. The van der Waals surface area contributed by atoms with Crippen LogP contribution in [0.5, 0.6) is 0 Å². The number of amides is 2. The Morgan fingerprint density at radius 1 is 1.32 bits per heavy atom. The molecular formula is C18H26N2O2. The van der Waals surface area contributed by atoms with Crippen molar-refractivity contribution in [2.24, 2.45) is 5.92 Å². The predicted octanol–water partition coefficient (Wildman–Crippen LogP) is 2.91. The fourth-order valence-electron chi connectivity index (χ4n) is 3.05. The van der Waals surface area contributed by atoms with Crippen molar-refractivity contribution < 1.29 is 9.59 Å². The number of hydrogen-bond acceptors (Lipinski definition) is 2. The smallest absolute Gasteiger partial charge is 0.242 e. The zero-order valence-electron chi connectivity index (χ0n) is 14.1. The number of carbonyl (C=O) groups is 2. The van der Waals surface area contributed by atoms with Gasteiger partial charge in [0.25, 0.3) is 0 Å². The summed E-state index contributed by atoms with van der Waals surface area (Å²) >= 11 is 0. The summed E-state index contributed by atoms with van der Waals surface area (Å²) in [6, 6.07) is 5.86. The van der Waals surface area contributed by atoms with Crippen LogP contribution in [0, 0.1) is 19.8 Å². The van der Waals surface area contributed by atoms with Crippen LogP contribution in [0.15, 0.2) is 18.2 Å². The second-order valence-corrected chi connectivity index (χ2v) is 6.41. The molecule has 1 aliphatic rings. The molecule has 1 atom stereocenters. The summed E-state index contributed by atoms with van der Waals surface area (Å²) in [7, 11) is 0. The normalized spacial score (nSPS) is 18.2. The Morgan fingerprint density at radius 3 is 2.68 bits per heavy atom. The van der Waals surface area contributed by atoms with Crippen molar-refractivity contribution in [1.29, 1.82) is 0 Å². The van der Waals surface area contributed by atoms with Crippen LogP contribution in [0.25, 0.3) is 0 Å². The lowest BCUT2D eigenvalue weighted by atomic mass is 10.0. The molecule has 4 nitrogen and oxygen atoms in total. The molecule has 0 radical (unpaired) electrons. The molecular weight excluding hydrogens is 276 g/mol. The quantitative estimate of drug-likeness (QED) is 0.861. The Hall–Kier alpha value is -1.84. The molecule has 1 aromatic rings. The lowest BCUT2D eigenvalue weighted by molar-refractivity contribution is -0.132. The maximum atomic E-state index is 12.6. The SMILES string of the molecule is CC(=O)N(CC(=O)N1CCCC(C)C1)c1cccc(C)c1C. The lowest BCUT2D eigenvalue weighted by Gasteiger charge is -2.33. The number of likely N-dealkylation sites (tertiary alicyclic amines) is 1. The molecule has 1 aliphatic heterocycles. The molecule has 0 aromatic heterocycles. The van der Waals surface area contributed by atoms with E-state index in [4.69, 9.17) is 0 Å². The summed E-state index contributed by atoms with van der Waals surface area (Å²) < 4.78 is 0. The van der Waals surface area contributed by atoms with Gasteiger partial charge in [-0.05, 0) is 49.8 Å². The van der Waals surface area contributed by atoms with Crippen molar-refractivity contribution in [3.05, 3.63) is 29.3 Å². The van der Waals surface area contributed by atoms with Gasteiger partial charge in [0.1, 0.15) is 6.54 Å². The molecule has 1 heterocycles. The number of anilines is 1. The highest BCUT2D eigenvalue weighted by atomic mass is 16.2. The average Bonchev–Trinajstić information content (AvgIpc) is 2.47. The molecule has 120 valence electrons. The molecule has 0 bridgehead atoms. The van der Waals surface area contributed by atoms with E-state index in [0.29, 0.717) is 5.92 Å². The molecule has 2 rings (SSSR count). The summed E-state index contributed by atoms with van der Waals surface area (Å²) in [6.07, 6.45) is 2.23. The fraction of sp³-hybridized carbons (Fsp3) is 0.556. The summed E-state index contributed by atoms with van der Waals surface area (Å²) in [4.78, 5) is 28.1. The first kappa shape index (κ1) is 16.5. The van der Waals surface area contributed by atoms with Gasteiger partial charge >= 0.3 is 0 Å². The Labute approximate surface area is 133 Å². The molecule has 0 N–H and O–H groups in total. The van der Waals surface area contributed by atoms with Crippen LogP contribution >= 0.6 is 0 Å². The standard InChI is InChI=1S/C18H26N2O2/c1-13-7-6-10-19(11-13)18(22)12-20(16(4)21)17-9-5-8-14(2)15(17)3/h5,8-9,13H,6-7,10-12H2,1-4H3. The molecule has 4 heteroatoms. The van der Waals surface area contributed by atoms with Gasteiger partial charge in [-0.15, -0.1) is 0 Å². The Morgan fingerprint density at radius 2 is 2.05 bits per heavy atom. The van der Waals surface area contributed by atoms with Crippen LogP contribution in [-0.4, -0.2) is 36.3 Å². The summed E-state index contributed by atoms with van der Waals surface area (Å²) in [5.41, 5.74) is 3.02. The van der Waals surface area contributed by atoms with Gasteiger partial charge in [-0.3, -0.25) is 9.59 Å². The first-order valence-corrected chi connectivity index (χ1v) is 8.02. The zero-order valence-corrected chi connectivity index (χ0v) is 14.1. The van der Waals surface area contributed by atoms with E-state index in [2.05, 4.69) is 6.92 Å². The maximum absolute atomic E-state index is 12.6. The second kappa shape index (κ2) is 6.95. The van der Waals surface area contributed by atoms with Gasteiger partial charge in [0.2, 0.25) is 11.8 Å². The summed E-state index contributed by atoms with van der Waals surface area (Å²) in [5.74, 6) is 0.499. The minimum atomic E-state index is -0.0906. The first-order chi connectivity index (χ1) is 10.4. The number of aryl methyl sites for hydroxylation is 1. The van der Waals surface area contributed by atoms with Crippen molar-refractivity contribution in [1.82, 2.24) is 4.90 Å². The number of hydrogen-bond donors (Lipinski definition) is 0. The number of piperidine rings is 1. The van der Waals surface area contributed by atoms with Crippen LogP contribution in [0.1, 0.15) is 37.8 Å². The van der Waals surface area contributed by atoms with E-state index in [1.165, 1.54) is 13.3 Å². The maximum Gasteiger partial charge on any atom is 0.242 e. The molecule has 1 fully saturated rings. The zero-order chi connectivity index (χ0) is 16.3. The summed E-state index contributed by atoms with van der Waals surface area (Å²) in [6.45, 7) is 9.45. The highest BCUT2D eigenvalue weighted by Crippen LogP contribution is 2.23. The third-order valence-corrected chi connectivity index (χ3v) is 4.55. The molecule has 0 aliphatic carbocycles. The molecule has 1 aromatic carbocycles. The van der Waals surface area contributed by atoms with E-state index in [-0.39, 0.29) is 18.4 Å². The topological polar surface area (TPSA) is 40.6 Å². The largest absolute Gasteiger partial charge is 0.341 e. The van der Waals surface area contributed by atoms with Gasteiger partial charge in [0.15, 0.2) is 0 Å². The van der Waals surface area contributed by atoms with E-state index in [9.17, 15) is 9.59 Å². The van der Waals surface area contributed by atoms with Gasteiger partial charge in [-0.1, -0.05) is 19.1 Å². The highest BCUT2D eigenvalue weighted by molar-refractivity contribution is 5.98. The Balaban J connectivity index is 2.17.